The molecular formula is C15H30N2O2. The summed E-state index contributed by atoms with van der Waals surface area (Å²) in [6.07, 6.45) is 4.08. The fourth-order valence-electron chi connectivity index (χ4n) is 2.72. The Bertz CT molecular complexity index is 303. The van der Waals surface area contributed by atoms with Crippen LogP contribution in [0.4, 0.5) is 0 Å². The van der Waals surface area contributed by atoms with Gasteiger partial charge < -0.3 is 15.8 Å². The van der Waals surface area contributed by atoms with Crippen molar-refractivity contribution < 1.29 is 9.53 Å². The quantitative estimate of drug-likeness (QED) is 0.744. The molecule has 3 N–H and O–H groups in total. The minimum absolute atomic E-state index is 0.0376. The number of nitrogens with one attached hydrogen (secondary N) is 1. The van der Waals surface area contributed by atoms with Crippen molar-refractivity contribution in [3.8, 4) is 0 Å². The van der Waals surface area contributed by atoms with Gasteiger partial charge >= 0.3 is 0 Å². The molecular weight excluding hydrogens is 240 g/mol. The Kier molecular flexibility index (Phi) is 5.81. The Morgan fingerprint density at radius 2 is 2.05 bits per heavy atom. The number of nitrogens with two attached hydrogens (primary N) is 1. The molecule has 0 heterocycles. The van der Waals surface area contributed by atoms with E-state index in [0.29, 0.717) is 0 Å². The Hall–Kier alpha value is -0.610. The minimum Gasteiger partial charge on any atom is -0.381 e. The second-order valence-corrected chi connectivity index (χ2v) is 6.65. The summed E-state index contributed by atoms with van der Waals surface area (Å²) in [5.41, 5.74) is 5.76. The largest absolute Gasteiger partial charge is 0.381 e. The Morgan fingerprint density at radius 3 is 2.53 bits per heavy atom. The first kappa shape index (κ1) is 16.4. The molecule has 1 aliphatic rings. The molecule has 4 atom stereocenters. The van der Waals surface area contributed by atoms with Crippen LogP contribution >= 0.6 is 0 Å². The summed E-state index contributed by atoms with van der Waals surface area (Å²) in [6, 6.07) is 0.462. The molecule has 0 radical (unpaired) electrons. The second-order valence-electron chi connectivity index (χ2n) is 6.65. The predicted molar refractivity (Wildman–Crippen MR) is 77.8 cm³/mol. The van der Waals surface area contributed by atoms with E-state index in [1.54, 1.807) is 7.11 Å². The molecule has 0 aromatic rings. The number of methoxy groups -OCH3 is 1. The summed E-state index contributed by atoms with van der Waals surface area (Å²) in [6.45, 7) is 8.30. The van der Waals surface area contributed by atoms with Crippen molar-refractivity contribution in [1.29, 1.82) is 0 Å². The first-order valence-corrected chi connectivity index (χ1v) is 7.37. The van der Waals surface area contributed by atoms with Gasteiger partial charge in [0.05, 0.1) is 6.10 Å². The van der Waals surface area contributed by atoms with Gasteiger partial charge in [0.15, 0.2) is 0 Å². The summed E-state index contributed by atoms with van der Waals surface area (Å²) in [4.78, 5) is 12.1. The Balaban J connectivity index is 2.31. The molecule has 0 bridgehead atoms. The molecule has 112 valence electrons. The Labute approximate surface area is 117 Å². The number of hydrogen-bond donors (Lipinski definition) is 2. The number of amides is 1. The number of carbonyl (C=O) groups is 1. The molecule has 1 saturated carbocycles. The molecule has 0 saturated heterocycles. The van der Waals surface area contributed by atoms with Crippen molar-refractivity contribution in [1.82, 2.24) is 5.32 Å². The van der Waals surface area contributed by atoms with Gasteiger partial charge in [-0.3, -0.25) is 4.79 Å². The van der Waals surface area contributed by atoms with Crippen molar-refractivity contribution in [3.63, 3.8) is 0 Å². The smallest absolute Gasteiger partial charge is 0.223 e. The van der Waals surface area contributed by atoms with Crippen molar-refractivity contribution in [3.05, 3.63) is 0 Å². The highest BCUT2D eigenvalue weighted by molar-refractivity contribution is 5.78. The van der Waals surface area contributed by atoms with Crippen LogP contribution in [0, 0.1) is 11.3 Å². The van der Waals surface area contributed by atoms with E-state index in [4.69, 9.17) is 10.5 Å². The molecule has 4 heteroatoms. The molecule has 0 aromatic carbocycles. The van der Waals surface area contributed by atoms with Gasteiger partial charge in [-0.15, -0.1) is 0 Å². The standard InChI is InChI=1S/C15H30N2O2/c1-10(7-6-8-11(2)16)14(18)17-12-9-13(19-5)15(12,3)4/h10-13H,6-9,16H2,1-5H3,(H,17,18). The van der Waals surface area contributed by atoms with Crippen molar-refractivity contribution in [2.75, 3.05) is 7.11 Å². The van der Waals surface area contributed by atoms with Crippen molar-refractivity contribution in [2.45, 2.75) is 71.6 Å². The maximum atomic E-state index is 12.1. The van der Waals surface area contributed by atoms with Crippen LogP contribution in [-0.4, -0.2) is 31.2 Å². The van der Waals surface area contributed by atoms with Crippen molar-refractivity contribution in [2.24, 2.45) is 17.1 Å². The van der Waals surface area contributed by atoms with Crippen LogP contribution in [0.15, 0.2) is 0 Å². The summed E-state index contributed by atoms with van der Waals surface area (Å²) in [5.74, 6) is 0.230. The van der Waals surface area contributed by atoms with Crippen molar-refractivity contribution >= 4 is 5.91 Å². The average molecular weight is 270 g/mol. The Morgan fingerprint density at radius 1 is 1.42 bits per heavy atom. The lowest BCUT2D eigenvalue weighted by Gasteiger charge is -2.51. The number of ether oxygens (including phenoxy) is 1. The van der Waals surface area contributed by atoms with Gasteiger partial charge in [0.1, 0.15) is 0 Å². The van der Waals surface area contributed by atoms with Crippen LogP contribution in [0.2, 0.25) is 0 Å². The van der Waals surface area contributed by atoms with Crippen LogP contribution in [0.3, 0.4) is 0 Å². The lowest BCUT2D eigenvalue weighted by atomic mass is 9.64. The van der Waals surface area contributed by atoms with E-state index >= 15 is 0 Å². The zero-order chi connectivity index (χ0) is 14.6. The molecule has 0 aromatic heterocycles. The minimum atomic E-state index is 0.0376. The van der Waals surface area contributed by atoms with E-state index < -0.39 is 0 Å². The number of hydrogen-bond acceptors (Lipinski definition) is 3. The van der Waals surface area contributed by atoms with E-state index in [0.717, 1.165) is 25.7 Å². The number of rotatable bonds is 7. The van der Waals surface area contributed by atoms with E-state index in [1.165, 1.54) is 0 Å². The van der Waals surface area contributed by atoms with Crippen LogP contribution in [0.25, 0.3) is 0 Å². The summed E-state index contributed by atoms with van der Waals surface area (Å²) in [5, 5.41) is 3.16. The van der Waals surface area contributed by atoms with Crippen LogP contribution in [0.5, 0.6) is 0 Å². The molecule has 4 nitrogen and oxygen atoms in total. The van der Waals surface area contributed by atoms with E-state index in [-0.39, 0.29) is 35.4 Å². The monoisotopic (exact) mass is 270 g/mol. The zero-order valence-electron chi connectivity index (χ0n) is 13.0. The first-order valence-electron chi connectivity index (χ1n) is 7.37. The van der Waals surface area contributed by atoms with Gasteiger partial charge in [-0.2, -0.15) is 0 Å². The van der Waals surface area contributed by atoms with E-state index in [1.807, 2.05) is 13.8 Å². The molecule has 4 unspecified atom stereocenters. The molecule has 1 amide bonds. The normalized spacial score (nSPS) is 28.3. The van der Waals surface area contributed by atoms with Crippen LogP contribution < -0.4 is 11.1 Å². The average Bonchev–Trinajstić information content (AvgIpc) is 2.32. The summed E-state index contributed by atoms with van der Waals surface area (Å²) in [7, 11) is 1.74. The SMILES string of the molecule is COC1CC(NC(=O)C(C)CCCC(C)N)C1(C)C. The predicted octanol–water partition coefficient (Wildman–Crippen LogP) is 2.07. The topological polar surface area (TPSA) is 64.3 Å². The highest BCUT2D eigenvalue weighted by Crippen LogP contribution is 2.42. The third kappa shape index (κ3) is 4.18. The molecule has 0 aliphatic heterocycles. The van der Waals surface area contributed by atoms with E-state index in [9.17, 15) is 4.79 Å². The van der Waals surface area contributed by atoms with Crippen LogP contribution in [0.1, 0.15) is 53.4 Å². The molecule has 1 fully saturated rings. The third-order valence-electron chi connectivity index (χ3n) is 4.52. The third-order valence-corrected chi connectivity index (χ3v) is 4.52. The summed E-state index contributed by atoms with van der Waals surface area (Å²) >= 11 is 0. The van der Waals surface area contributed by atoms with Gasteiger partial charge in [0, 0.05) is 30.5 Å². The van der Waals surface area contributed by atoms with Gasteiger partial charge in [0.25, 0.3) is 0 Å². The fraction of sp³-hybridized carbons (Fsp3) is 0.933. The molecule has 1 rings (SSSR count). The lowest BCUT2D eigenvalue weighted by Crippen LogP contribution is -2.62. The van der Waals surface area contributed by atoms with Gasteiger partial charge in [-0.05, 0) is 26.2 Å². The highest BCUT2D eigenvalue weighted by Gasteiger charge is 2.49. The fourth-order valence-corrected chi connectivity index (χ4v) is 2.72. The first-order chi connectivity index (χ1) is 8.78. The molecule has 0 spiro atoms. The maximum absolute atomic E-state index is 12.1. The zero-order valence-corrected chi connectivity index (χ0v) is 13.0. The lowest BCUT2D eigenvalue weighted by molar-refractivity contribution is -0.135. The number of carbonyl (C=O) groups excluding carboxylic acids is 1. The van der Waals surface area contributed by atoms with Crippen LogP contribution in [-0.2, 0) is 9.53 Å². The molecule has 1 aliphatic carbocycles. The summed E-state index contributed by atoms with van der Waals surface area (Å²) < 4.78 is 5.40. The second kappa shape index (κ2) is 6.71. The molecule has 19 heavy (non-hydrogen) atoms. The van der Waals surface area contributed by atoms with Gasteiger partial charge in [-0.1, -0.05) is 27.2 Å². The van der Waals surface area contributed by atoms with Gasteiger partial charge in [0.2, 0.25) is 5.91 Å². The van der Waals surface area contributed by atoms with Gasteiger partial charge in [-0.25, -0.2) is 0 Å². The highest BCUT2D eigenvalue weighted by atomic mass is 16.5. The van der Waals surface area contributed by atoms with E-state index in [2.05, 4.69) is 19.2 Å². The maximum Gasteiger partial charge on any atom is 0.223 e.